The summed E-state index contributed by atoms with van der Waals surface area (Å²) in [5, 5.41) is 4.32. The van der Waals surface area contributed by atoms with E-state index in [1.165, 1.54) is 0 Å². The summed E-state index contributed by atoms with van der Waals surface area (Å²) in [6.45, 7) is 0. The molecule has 6 nitrogen and oxygen atoms in total. The van der Waals surface area contributed by atoms with Crippen molar-refractivity contribution in [3.05, 3.63) is 30.6 Å². The maximum atomic E-state index is 12.4. The first-order chi connectivity index (χ1) is 12.5. The minimum Gasteiger partial charge on any atom is -0.353 e. The molecule has 4 rings (SSSR count). The highest BCUT2D eigenvalue weighted by Gasteiger charge is 2.31. The maximum Gasteiger partial charge on any atom is 0.223 e. The first kappa shape index (κ1) is 17.5. The summed E-state index contributed by atoms with van der Waals surface area (Å²) in [5.74, 6) is 0.183. The van der Waals surface area contributed by atoms with Crippen LogP contribution < -0.4 is 5.32 Å². The number of pyridine rings is 1. The molecule has 0 atom stereocenters. The van der Waals surface area contributed by atoms with Crippen molar-refractivity contribution in [1.29, 1.82) is 0 Å². The molecule has 26 heavy (non-hydrogen) atoms. The number of fused-ring (bicyclic) bond motifs is 1. The number of hydrogen-bond donors (Lipinski definition) is 1. The van der Waals surface area contributed by atoms with Crippen LogP contribution in [0.25, 0.3) is 11.0 Å². The van der Waals surface area contributed by atoms with Crippen LogP contribution in [-0.4, -0.2) is 41.4 Å². The summed E-state index contributed by atoms with van der Waals surface area (Å²) in [6.07, 6.45) is 8.81. The lowest BCUT2D eigenvalue weighted by Crippen LogP contribution is -2.43. The van der Waals surface area contributed by atoms with Gasteiger partial charge in [0.05, 0.1) is 11.5 Å². The van der Waals surface area contributed by atoms with Gasteiger partial charge in [-0.3, -0.25) is 4.79 Å². The Kier molecular flexibility index (Phi) is 4.73. The van der Waals surface area contributed by atoms with E-state index in [1.54, 1.807) is 0 Å². The van der Waals surface area contributed by atoms with Crippen molar-refractivity contribution in [2.24, 2.45) is 5.92 Å². The van der Waals surface area contributed by atoms with E-state index in [-0.39, 0.29) is 29.4 Å². The second-order valence-electron chi connectivity index (χ2n) is 7.58. The van der Waals surface area contributed by atoms with Crippen molar-refractivity contribution in [2.45, 2.75) is 50.6 Å². The van der Waals surface area contributed by atoms with Crippen LogP contribution in [0.1, 0.15) is 44.6 Å². The maximum absolute atomic E-state index is 12.4. The number of rotatable bonds is 3. The van der Waals surface area contributed by atoms with Crippen molar-refractivity contribution in [1.82, 2.24) is 14.9 Å². The Balaban J connectivity index is 1.32. The van der Waals surface area contributed by atoms with Gasteiger partial charge in [-0.1, -0.05) is 0 Å². The molecule has 2 aliphatic rings. The fourth-order valence-corrected chi connectivity index (χ4v) is 5.74. The first-order valence-electron chi connectivity index (χ1n) is 9.44. The third-order valence-corrected chi connectivity index (χ3v) is 7.55. The summed E-state index contributed by atoms with van der Waals surface area (Å²) in [4.78, 5) is 16.9. The summed E-state index contributed by atoms with van der Waals surface area (Å²) in [7, 11) is -2.92. The molecule has 140 valence electrons. The zero-order valence-electron chi connectivity index (χ0n) is 14.8. The predicted molar refractivity (Wildman–Crippen MR) is 101 cm³/mol. The van der Waals surface area contributed by atoms with E-state index in [2.05, 4.69) is 33.2 Å². The van der Waals surface area contributed by atoms with E-state index in [0.717, 1.165) is 36.7 Å². The molecule has 2 fully saturated rings. The fraction of sp³-hybridized carbons (Fsp3) is 0.579. The molecule has 0 spiro atoms. The lowest BCUT2D eigenvalue weighted by atomic mass is 9.90. The topological polar surface area (TPSA) is 81.1 Å². The van der Waals surface area contributed by atoms with E-state index in [9.17, 15) is 13.2 Å². The van der Waals surface area contributed by atoms with Crippen LogP contribution >= 0.6 is 0 Å². The summed E-state index contributed by atoms with van der Waals surface area (Å²) in [6, 6.07) is 6.76. The van der Waals surface area contributed by atoms with Gasteiger partial charge < -0.3 is 9.88 Å². The number of aromatic nitrogens is 2. The summed E-state index contributed by atoms with van der Waals surface area (Å²) < 4.78 is 25.3. The molecule has 0 bridgehead atoms. The fourth-order valence-electron chi connectivity index (χ4n) is 4.25. The first-order valence-corrected chi connectivity index (χ1v) is 11.3. The standard InChI is InChI=1S/C19H25N3O3S/c23-19(15-8-12-26(24,25)13-9-15)21-16-3-5-17(6-4-16)22-11-7-14-2-1-10-20-18(14)22/h1-2,7,10-11,15-17H,3-6,8-9,12-13H2,(H,21,23). The highest BCUT2D eigenvalue weighted by Crippen LogP contribution is 2.31. The lowest BCUT2D eigenvalue weighted by Gasteiger charge is -2.31. The van der Waals surface area contributed by atoms with Gasteiger partial charge in [0, 0.05) is 35.8 Å². The van der Waals surface area contributed by atoms with E-state index in [0.29, 0.717) is 18.9 Å². The molecule has 1 amide bonds. The number of hydrogen-bond acceptors (Lipinski definition) is 4. The van der Waals surface area contributed by atoms with Gasteiger partial charge in [0.15, 0.2) is 0 Å². The van der Waals surface area contributed by atoms with Gasteiger partial charge >= 0.3 is 0 Å². The second kappa shape index (κ2) is 7.02. The van der Waals surface area contributed by atoms with Gasteiger partial charge in [-0.25, -0.2) is 13.4 Å². The van der Waals surface area contributed by atoms with Gasteiger partial charge in [0.2, 0.25) is 5.91 Å². The van der Waals surface area contributed by atoms with Crippen LogP contribution in [0.15, 0.2) is 30.6 Å². The highest BCUT2D eigenvalue weighted by atomic mass is 32.2. The van der Waals surface area contributed by atoms with Gasteiger partial charge in [-0.2, -0.15) is 0 Å². The molecule has 0 aromatic carbocycles. The van der Waals surface area contributed by atoms with Crippen LogP contribution in [0.2, 0.25) is 0 Å². The third kappa shape index (κ3) is 3.63. The molecule has 0 unspecified atom stereocenters. The van der Waals surface area contributed by atoms with Gasteiger partial charge in [0.25, 0.3) is 0 Å². The van der Waals surface area contributed by atoms with Gasteiger partial charge in [-0.05, 0) is 56.7 Å². The van der Waals surface area contributed by atoms with Crippen LogP contribution in [-0.2, 0) is 14.6 Å². The summed E-state index contributed by atoms with van der Waals surface area (Å²) in [5.41, 5.74) is 1.03. The molecule has 3 heterocycles. The minimum absolute atomic E-state index is 0.0384. The molecule has 1 aliphatic carbocycles. The van der Waals surface area contributed by atoms with E-state index in [1.807, 2.05) is 12.3 Å². The predicted octanol–water partition coefficient (Wildman–Crippen LogP) is 2.46. The van der Waals surface area contributed by atoms with Crippen molar-refractivity contribution in [3.8, 4) is 0 Å². The zero-order valence-corrected chi connectivity index (χ0v) is 15.6. The number of nitrogens with one attached hydrogen (secondary N) is 1. The highest BCUT2D eigenvalue weighted by molar-refractivity contribution is 7.91. The van der Waals surface area contributed by atoms with Crippen LogP contribution in [0.5, 0.6) is 0 Å². The second-order valence-corrected chi connectivity index (χ2v) is 9.88. The number of carbonyl (C=O) groups excluding carboxylic acids is 1. The summed E-state index contributed by atoms with van der Waals surface area (Å²) >= 11 is 0. The van der Waals surface area contributed by atoms with E-state index < -0.39 is 9.84 Å². The molecule has 1 saturated carbocycles. The monoisotopic (exact) mass is 375 g/mol. The Hall–Kier alpha value is -1.89. The average molecular weight is 375 g/mol. The molecule has 1 aliphatic heterocycles. The van der Waals surface area contributed by atoms with E-state index >= 15 is 0 Å². The van der Waals surface area contributed by atoms with E-state index in [4.69, 9.17) is 0 Å². The largest absolute Gasteiger partial charge is 0.353 e. The number of nitrogens with zero attached hydrogens (tertiary/aromatic N) is 2. The van der Waals surface area contributed by atoms with Crippen LogP contribution in [0.4, 0.5) is 0 Å². The normalized spacial score (nSPS) is 26.6. The zero-order chi connectivity index (χ0) is 18.1. The Morgan fingerprint density at radius 2 is 1.81 bits per heavy atom. The Bertz CT molecular complexity index is 884. The third-order valence-electron chi connectivity index (χ3n) is 5.84. The molecule has 2 aromatic heterocycles. The average Bonchev–Trinajstić information content (AvgIpc) is 3.06. The minimum atomic E-state index is -2.92. The molecular formula is C19H25N3O3S. The van der Waals surface area contributed by atoms with Crippen molar-refractivity contribution in [3.63, 3.8) is 0 Å². The molecular weight excluding hydrogens is 350 g/mol. The number of carbonyl (C=O) groups is 1. The van der Waals surface area contributed by atoms with Gasteiger partial charge in [0.1, 0.15) is 15.5 Å². The molecule has 1 saturated heterocycles. The van der Waals surface area contributed by atoms with Crippen molar-refractivity contribution < 1.29 is 13.2 Å². The Morgan fingerprint density at radius 3 is 2.54 bits per heavy atom. The molecule has 0 radical (unpaired) electrons. The smallest absolute Gasteiger partial charge is 0.223 e. The van der Waals surface area contributed by atoms with Gasteiger partial charge in [-0.15, -0.1) is 0 Å². The van der Waals surface area contributed by atoms with Crippen LogP contribution in [0.3, 0.4) is 0 Å². The SMILES string of the molecule is O=C(NC1CCC(n2ccc3cccnc32)CC1)C1CCS(=O)(=O)CC1. The number of sulfone groups is 1. The molecule has 1 N–H and O–H groups in total. The van der Waals surface area contributed by atoms with Crippen LogP contribution in [0, 0.1) is 5.92 Å². The van der Waals surface area contributed by atoms with Crippen molar-refractivity contribution >= 4 is 26.8 Å². The Morgan fingerprint density at radius 1 is 1.08 bits per heavy atom. The number of amides is 1. The van der Waals surface area contributed by atoms with Crippen molar-refractivity contribution in [2.75, 3.05) is 11.5 Å². The quantitative estimate of drug-likeness (QED) is 0.893. The lowest BCUT2D eigenvalue weighted by molar-refractivity contribution is -0.126. The molecule has 7 heteroatoms. The molecule has 2 aromatic rings. The Labute approximate surface area is 153 Å².